The first-order chi connectivity index (χ1) is 7.09. The van der Waals surface area contributed by atoms with E-state index in [9.17, 15) is 4.79 Å². The number of carbonyl (C=O) groups excluding carboxylic acids is 1. The summed E-state index contributed by atoms with van der Waals surface area (Å²) in [6.07, 6.45) is 0. The van der Waals surface area contributed by atoms with E-state index in [4.69, 9.17) is 0 Å². The van der Waals surface area contributed by atoms with Crippen molar-refractivity contribution < 1.29 is 4.79 Å². The second kappa shape index (κ2) is 3.85. The molecule has 1 aliphatic rings. The SMILES string of the molecule is CC(C)N1CNc2cc(Br)ccc2C1=O. The van der Waals surface area contributed by atoms with Gasteiger partial charge in [0.05, 0.1) is 12.2 Å². The zero-order chi connectivity index (χ0) is 11.0. The fourth-order valence-electron chi connectivity index (χ4n) is 1.66. The first-order valence-electron chi connectivity index (χ1n) is 4.94. The summed E-state index contributed by atoms with van der Waals surface area (Å²) in [5, 5.41) is 3.24. The number of benzene rings is 1. The molecule has 0 aliphatic carbocycles. The van der Waals surface area contributed by atoms with Crippen molar-refractivity contribution >= 4 is 27.5 Å². The van der Waals surface area contributed by atoms with E-state index in [1.54, 1.807) is 0 Å². The average molecular weight is 269 g/mol. The van der Waals surface area contributed by atoms with Crippen LogP contribution in [0.3, 0.4) is 0 Å². The molecule has 0 fully saturated rings. The molecule has 0 aromatic heterocycles. The number of halogens is 1. The third-order valence-corrected chi connectivity index (χ3v) is 3.03. The minimum atomic E-state index is 0.103. The molecule has 15 heavy (non-hydrogen) atoms. The van der Waals surface area contributed by atoms with Crippen LogP contribution in [-0.2, 0) is 0 Å². The minimum Gasteiger partial charge on any atom is -0.367 e. The number of amides is 1. The van der Waals surface area contributed by atoms with Crippen LogP contribution in [0.5, 0.6) is 0 Å². The van der Waals surface area contributed by atoms with Crippen molar-refractivity contribution in [1.29, 1.82) is 0 Å². The molecule has 1 heterocycles. The van der Waals surface area contributed by atoms with E-state index in [1.165, 1.54) is 0 Å². The molecule has 1 N–H and O–H groups in total. The van der Waals surface area contributed by atoms with Crippen LogP contribution in [0.15, 0.2) is 22.7 Å². The van der Waals surface area contributed by atoms with Crippen LogP contribution in [0.4, 0.5) is 5.69 Å². The molecule has 1 aromatic rings. The molecule has 1 aromatic carbocycles. The lowest BCUT2D eigenvalue weighted by Gasteiger charge is -2.32. The molecule has 4 heteroatoms. The molecular formula is C11H13BrN2O. The van der Waals surface area contributed by atoms with Crippen LogP contribution < -0.4 is 5.32 Å². The number of nitrogens with one attached hydrogen (secondary N) is 1. The van der Waals surface area contributed by atoms with E-state index in [0.29, 0.717) is 6.67 Å². The highest BCUT2D eigenvalue weighted by atomic mass is 79.9. The van der Waals surface area contributed by atoms with E-state index in [2.05, 4.69) is 21.2 Å². The molecular weight excluding hydrogens is 256 g/mol. The first-order valence-corrected chi connectivity index (χ1v) is 5.73. The summed E-state index contributed by atoms with van der Waals surface area (Å²) in [4.78, 5) is 13.9. The lowest BCUT2D eigenvalue weighted by Crippen LogP contribution is -2.44. The van der Waals surface area contributed by atoms with Gasteiger partial charge in [0, 0.05) is 16.2 Å². The van der Waals surface area contributed by atoms with E-state index in [-0.39, 0.29) is 11.9 Å². The Morgan fingerprint density at radius 3 is 2.87 bits per heavy atom. The van der Waals surface area contributed by atoms with Crippen LogP contribution >= 0.6 is 15.9 Å². The minimum absolute atomic E-state index is 0.103. The van der Waals surface area contributed by atoms with Gasteiger partial charge in [-0.05, 0) is 32.0 Å². The van der Waals surface area contributed by atoms with Gasteiger partial charge in [0.1, 0.15) is 0 Å². The maximum atomic E-state index is 12.0. The van der Waals surface area contributed by atoms with Crippen LogP contribution in [0.1, 0.15) is 24.2 Å². The normalized spacial score (nSPS) is 15.2. The third kappa shape index (κ3) is 1.86. The van der Waals surface area contributed by atoms with Gasteiger partial charge in [0.15, 0.2) is 0 Å². The van der Waals surface area contributed by atoms with Crippen molar-refractivity contribution in [3.8, 4) is 0 Å². The van der Waals surface area contributed by atoms with Crippen molar-refractivity contribution in [3.05, 3.63) is 28.2 Å². The molecule has 0 spiro atoms. The zero-order valence-corrected chi connectivity index (χ0v) is 10.3. The van der Waals surface area contributed by atoms with Crippen molar-refractivity contribution in [2.24, 2.45) is 0 Å². The van der Waals surface area contributed by atoms with Gasteiger partial charge in [0.2, 0.25) is 0 Å². The predicted molar refractivity (Wildman–Crippen MR) is 63.9 cm³/mol. The van der Waals surface area contributed by atoms with Crippen LogP contribution in [0.25, 0.3) is 0 Å². The van der Waals surface area contributed by atoms with Gasteiger partial charge in [-0.3, -0.25) is 4.79 Å². The first kappa shape index (κ1) is 10.5. The summed E-state index contributed by atoms with van der Waals surface area (Å²) in [7, 11) is 0. The lowest BCUT2D eigenvalue weighted by atomic mass is 10.1. The van der Waals surface area contributed by atoms with E-state index in [0.717, 1.165) is 15.7 Å². The molecule has 0 saturated heterocycles. The van der Waals surface area contributed by atoms with Gasteiger partial charge < -0.3 is 10.2 Å². The summed E-state index contributed by atoms with van der Waals surface area (Å²) >= 11 is 3.39. The molecule has 1 amide bonds. The highest BCUT2D eigenvalue weighted by Gasteiger charge is 2.25. The maximum Gasteiger partial charge on any atom is 0.257 e. The van der Waals surface area contributed by atoms with Gasteiger partial charge in [0.25, 0.3) is 5.91 Å². The third-order valence-electron chi connectivity index (χ3n) is 2.54. The number of fused-ring (bicyclic) bond motifs is 1. The van der Waals surface area contributed by atoms with Crippen LogP contribution in [0.2, 0.25) is 0 Å². The monoisotopic (exact) mass is 268 g/mol. The highest BCUT2D eigenvalue weighted by Crippen LogP contribution is 2.26. The van der Waals surface area contributed by atoms with Gasteiger partial charge in [-0.2, -0.15) is 0 Å². The summed E-state index contributed by atoms with van der Waals surface area (Å²) in [5.41, 5.74) is 1.66. The molecule has 0 bridgehead atoms. The average Bonchev–Trinajstić information content (AvgIpc) is 2.17. The smallest absolute Gasteiger partial charge is 0.257 e. The largest absolute Gasteiger partial charge is 0.367 e. The van der Waals surface area contributed by atoms with E-state index >= 15 is 0 Å². The maximum absolute atomic E-state index is 12.0. The molecule has 0 unspecified atom stereocenters. The Kier molecular flexibility index (Phi) is 2.69. The number of nitrogens with zero attached hydrogens (tertiary/aromatic N) is 1. The Morgan fingerprint density at radius 1 is 1.47 bits per heavy atom. The summed E-state index contributed by atoms with van der Waals surface area (Å²) in [5.74, 6) is 0.103. The van der Waals surface area contributed by atoms with Crippen LogP contribution in [-0.4, -0.2) is 23.5 Å². The molecule has 0 saturated carbocycles. The Labute approximate surface area is 97.6 Å². The van der Waals surface area contributed by atoms with Gasteiger partial charge in [-0.15, -0.1) is 0 Å². The van der Waals surface area contributed by atoms with Gasteiger partial charge in [-0.1, -0.05) is 15.9 Å². The quantitative estimate of drug-likeness (QED) is 0.850. The fourth-order valence-corrected chi connectivity index (χ4v) is 2.02. The summed E-state index contributed by atoms with van der Waals surface area (Å²) < 4.78 is 0.986. The summed E-state index contributed by atoms with van der Waals surface area (Å²) in [6.45, 7) is 4.62. The number of anilines is 1. The number of carbonyl (C=O) groups is 1. The van der Waals surface area contributed by atoms with E-state index in [1.807, 2.05) is 36.9 Å². The van der Waals surface area contributed by atoms with Crippen molar-refractivity contribution in [3.63, 3.8) is 0 Å². The zero-order valence-electron chi connectivity index (χ0n) is 8.75. The predicted octanol–water partition coefficient (Wildman–Crippen LogP) is 2.68. The Balaban J connectivity index is 2.39. The Hall–Kier alpha value is -1.03. The fraction of sp³-hybridized carbons (Fsp3) is 0.364. The van der Waals surface area contributed by atoms with Crippen molar-refractivity contribution in [2.75, 3.05) is 12.0 Å². The summed E-state index contributed by atoms with van der Waals surface area (Å²) in [6, 6.07) is 5.90. The lowest BCUT2D eigenvalue weighted by molar-refractivity contribution is 0.0710. The number of rotatable bonds is 1. The molecule has 3 nitrogen and oxygen atoms in total. The second-order valence-corrected chi connectivity index (χ2v) is 4.81. The van der Waals surface area contributed by atoms with Gasteiger partial charge in [-0.25, -0.2) is 0 Å². The van der Waals surface area contributed by atoms with Crippen molar-refractivity contribution in [2.45, 2.75) is 19.9 Å². The molecule has 80 valence electrons. The Morgan fingerprint density at radius 2 is 2.20 bits per heavy atom. The second-order valence-electron chi connectivity index (χ2n) is 3.89. The van der Waals surface area contributed by atoms with Crippen LogP contribution in [0, 0.1) is 0 Å². The Bertz CT molecular complexity index is 404. The molecule has 0 atom stereocenters. The van der Waals surface area contributed by atoms with Crippen molar-refractivity contribution in [1.82, 2.24) is 4.90 Å². The molecule has 2 rings (SSSR count). The highest BCUT2D eigenvalue weighted by molar-refractivity contribution is 9.10. The number of hydrogen-bond acceptors (Lipinski definition) is 2. The van der Waals surface area contributed by atoms with Gasteiger partial charge >= 0.3 is 0 Å². The standard InChI is InChI=1S/C11H13BrN2O/c1-7(2)14-6-13-10-5-8(12)3-4-9(10)11(14)15/h3-5,7,13H,6H2,1-2H3. The molecule has 0 radical (unpaired) electrons. The van der Waals surface area contributed by atoms with E-state index < -0.39 is 0 Å². The molecule has 1 aliphatic heterocycles. The number of hydrogen-bond donors (Lipinski definition) is 1. The topological polar surface area (TPSA) is 32.3 Å².